The van der Waals surface area contributed by atoms with Gasteiger partial charge >= 0.3 is 0 Å². The molecule has 0 amide bonds. The van der Waals surface area contributed by atoms with Crippen LogP contribution in [-0.2, 0) is 5.41 Å². The maximum absolute atomic E-state index is 13.4. The van der Waals surface area contributed by atoms with E-state index in [1.54, 1.807) is 36.4 Å². The number of rotatable bonds is 0. The molecule has 0 aromatic heterocycles. The van der Waals surface area contributed by atoms with Crippen LogP contribution in [-0.4, -0.2) is 16.7 Å². The second-order valence-electron chi connectivity index (χ2n) is 6.23. The van der Waals surface area contributed by atoms with Crippen LogP contribution in [0.25, 0.3) is 11.1 Å². The van der Waals surface area contributed by atoms with Gasteiger partial charge < -0.3 is 5.11 Å². The van der Waals surface area contributed by atoms with Gasteiger partial charge in [-0.1, -0.05) is 54.6 Å². The number of carbonyl (C=O) groups is 2. The summed E-state index contributed by atoms with van der Waals surface area (Å²) in [7, 11) is 0. The van der Waals surface area contributed by atoms with Crippen molar-refractivity contribution in [2.45, 2.75) is 5.41 Å². The van der Waals surface area contributed by atoms with Crippen LogP contribution in [0.4, 0.5) is 0 Å². The molecule has 0 heterocycles. The molecule has 2 aliphatic rings. The zero-order valence-electron chi connectivity index (χ0n) is 12.6. The Kier molecular flexibility index (Phi) is 2.32. The summed E-state index contributed by atoms with van der Waals surface area (Å²) in [5.74, 6) is -0.240. The minimum Gasteiger partial charge on any atom is -0.508 e. The number of phenolic OH excluding ortho intramolecular Hbond substituents is 1. The van der Waals surface area contributed by atoms with E-state index in [1.807, 2.05) is 24.3 Å². The van der Waals surface area contributed by atoms with Crippen molar-refractivity contribution < 1.29 is 14.7 Å². The van der Waals surface area contributed by atoms with Crippen LogP contribution in [0.3, 0.4) is 0 Å². The van der Waals surface area contributed by atoms with Crippen molar-refractivity contribution in [2.75, 3.05) is 0 Å². The van der Waals surface area contributed by atoms with Crippen molar-refractivity contribution >= 4 is 11.6 Å². The second kappa shape index (κ2) is 4.20. The summed E-state index contributed by atoms with van der Waals surface area (Å²) in [6, 6.07) is 19.3. The monoisotopic (exact) mass is 312 g/mol. The lowest BCUT2D eigenvalue weighted by Crippen LogP contribution is -2.37. The van der Waals surface area contributed by atoms with E-state index < -0.39 is 5.41 Å². The molecule has 0 saturated carbocycles. The zero-order valence-corrected chi connectivity index (χ0v) is 12.6. The molecule has 3 nitrogen and oxygen atoms in total. The molecular formula is C21H12O3. The fourth-order valence-corrected chi connectivity index (χ4v) is 4.15. The van der Waals surface area contributed by atoms with E-state index in [-0.39, 0.29) is 17.3 Å². The second-order valence-corrected chi connectivity index (χ2v) is 6.23. The van der Waals surface area contributed by atoms with Crippen molar-refractivity contribution in [3.05, 3.63) is 89.0 Å². The SMILES string of the molecule is O=C1c2ccccc2C(=O)C12c1ccccc1-c1cc(O)ccc12. The zero-order chi connectivity index (χ0) is 16.5. The van der Waals surface area contributed by atoms with Crippen LogP contribution in [0.2, 0.25) is 0 Å². The largest absolute Gasteiger partial charge is 0.508 e. The summed E-state index contributed by atoms with van der Waals surface area (Å²) in [5, 5.41) is 9.89. The number of fused-ring (bicyclic) bond motifs is 6. The molecule has 1 spiro atoms. The maximum atomic E-state index is 13.4. The van der Waals surface area contributed by atoms with Crippen molar-refractivity contribution in [2.24, 2.45) is 0 Å². The van der Waals surface area contributed by atoms with Gasteiger partial charge in [-0.25, -0.2) is 0 Å². The maximum Gasteiger partial charge on any atom is 0.186 e. The van der Waals surface area contributed by atoms with Crippen LogP contribution in [0.15, 0.2) is 66.7 Å². The number of hydrogen-bond donors (Lipinski definition) is 1. The van der Waals surface area contributed by atoms with Crippen LogP contribution in [0.5, 0.6) is 5.75 Å². The Morgan fingerprint density at radius 2 is 1.17 bits per heavy atom. The van der Waals surface area contributed by atoms with Gasteiger partial charge in [-0.05, 0) is 34.4 Å². The van der Waals surface area contributed by atoms with E-state index >= 15 is 0 Å². The molecule has 24 heavy (non-hydrogen) atoms. The van der Waals surface area contributed by atoms with Crippen molar-refractivity contribution in [3.8, 4) is 16.9 Å². The summed E-state index contributed by atoms with van der Waals surface area (Å²) < 4.78 is 0. The molecule has 0 unspecified atom stereocenters. The fraction of sp³-hybridized carbons (Fsp3) is 0.0476. The molecule has 0 aliphatic heterocycles. The molecule has 114 valence electrons. The molecule has 3 aromatic rings. The van der Waals surface area contributed by atoms with Crippen molar-refractivity contribution in [1.82, 2.24) is 0 Å². The minimum absolute atomic E-state index is 0.121. The van der Waals surface area contributed by atoms with Crippen LogP contribution < -0.4 is 0 Å². The van der Waals surface area contributed by atoms with Gasteiger partial charge in [0.2, 0.25) is 0 Å². The first-order valence-electron chi connectivity index (χ1n) is 7.77. The molecule has 3 aromatic carbocycles. The highest BCUT2D eigenvalue weighted by Crippen LogP contribution is 2.55. The molecule has 2 aliphatic carbocycles. The highest BCUT2D eigenvalue weighted by atomic mass is 16.3. The van der Waals surface area contributed by atoms with Crippen LogP contribution in [0.1, 0.15) is 31.8 Å². The third-order valence-corrected chi connectivity index (χ3v) is 5.13. The molecule has 0 saturated heterocycles. The highest BCUT2D eigenvalue weighted by molar-refractivity contribution is 6.37. The Balaban J connectivity index is 1.94. The smallest absolute Gasteiger partial charge is 0.186 e. The minimum atomic E-state index is -1.32. The summed E-state index contributed by atoms with van der Waals surface area (Å²) in [6.07, 6.45) is 0. The predicted octanol–water partition coefficient (Wildman–Crippen LogP) is 3.74. The van der Waals surface area contributed by atoms with E-state index in [0.717, 1.165) is 11.1 Å². The molecule has 0 radical (unpaired) electrons. The number of carbonyl (C=O) groups excluding carboxylic acids is 2. The standard InChI is InChI=1S/C21H12O3/c22-12-9-10-18-16(11-12)13-5-3-4-8-17(13)21(18)19(23)14-6-1-2-7-15(14)20(21)24/h1-11,22H. The summed E-state index contributed by atoms with van der Waals surface area (Å²) in [4.78, 5) is 26.7. The summed E-state index contributed by atoms with van der Waals surface area (Å²) >= 11 is 0. The number of aromatic hydroxyl groups is 1. The molecule has 0 fully saturated rings. The number of phenols is 1. The lowest BCUT2D eigenvalue weighted by atomic mass is 9.74. The van der Waals surface area contributed by atoms with Gasteiger partial charge in [0.25, 0.3) is 0 Å². The van der Waals surface area contributed by atoms with Gasteiger partial charge in [-0.3, -0.25) is 9.59 Å². The average molecular weight is 312 g/mol. The van der Waals surface area contributed by atoms with E-state index in [9.17, 15) is 14.7 Å². The van der Waals surface area contributed by atoms with E-state index in [2.05, 4.69) is 0 Å². The van der Waals surface area contributed by atoms with Gasteiger partial charge in [-0.15, -0.1) is 0 Å². The molecule has 5 rings (SSSR count). The topological polar surface area (TPSA) is 54.4 Å². The lowest BCUT2D eigenvalue weighted by Gasteiger charge is -2.23. The first-order valence-corrected chi connectivity index (χ1v) is 7.77. The Bertz CT molecular complexity index is 1030. The van der Waals surface area contributed by atoms with Gasteiger partial charge in [0.1, 0.15) is 11.2 Å². The molecule has 0 bridgehead atoms. The Morgan fingerprint density at radius 3 is 1.83 bits per heavy atom. The first kappa shape index (κ1) is 13.3. The molecule has 3 heteroatoms. The Labute approximate surface area is 138 Å². The first-order chi connectivity index (χ1) is 11.7. The number of ketones is 2. The van der Waals surface area contributed by atoms with E-state index in [4.69, 9.17) is 0 Å². The summed E-state index contributed by atoms with van der Waals surface area (Å²) in [5.41, 5.74) is 2.57. The van der Waals surface area contributed by atoms with Gasteiger partial charge in [-0.2, -0.15) is 0 Å². The Morgan fingerprint density at radius 1 is 0.625 bits per heavy atom. The quantitative estimate of drug-likeness (QED) is 0.643. The van der Waals surface area contributed by atoms with Gasteiger partial charge in [0.15, 0.2) is 11.6 Å². The van der Waals surface area contributed by atoms with Crippen LogP contribution in [0, 0.1) is 0 Å². The third-order valence-electron chi connectivity index (χ3n) is 5.13. The molecular weight excluding hydrogens is 300 g/mol. The van der Waals surface area contributed by atoms with Gasteiger partial charge in [0, 0.05) is 11.1 Å². The van der Waals surface area contributed by atoms with Crippen molar-refractivity contribution in [1.29, 1.82) is 0 Å². The third kappa shape index (κ3) is 1.30. The molecule has 1 N–H and O–H groups in total. The summed E-state index contributed by atoms with van der Waals surface area (Å²) in [6.45, 7) is 0. The average Bonchev–Trinajstić information content (AvgIpc) is 3.02. The predicted molar refractivity (Wildman–Crippen MR) is 89.4 cm³/mol. The van der Waals surface area contributed by atoms with E-state index in [1.165, 1.54) is 6.07 Å². The fourth-order valence-electron chi connectivity index (χ4n) is 4.15. The lowest BCUT2D eigenvalue weighted by molar-refractivity contribution is 0.0832. The van der Waals surface area contributed by atoms with E-state index in [0.29, 0.717) is 22.3 Å². The van der Waals surface area contributed by atoms with Crippen molar-refractivity contribution in [3.63, 3.8) is 0 Å². The number of benzene rings is 3. The number of hydrogen-bond acceptors (Lipinski definition) is 3. The Hall–Kier alpha value is -3.20. The number of Topliss-reactive ketones (excluding diaryl/α,β-unsaturated/α-hetero) is 2. The van der Waals surface area contributed by atoms with Gasteiger partial charge in [0.05, 0.1) is 0 Å². The molecule has 0 atom stereocenters. The highest BCUT2D eigenvalue weighted by Gasteiger charge is 2.59. The van der Waals surface area contributed by atoms with Crippen LogP contribution >= 0.6 is 0 Å². The normalized spacial score (nSPS) is 16.2.